The summed E-state index contributed by atoms with van der Waals surface area (Å²) in [5, 5.41) is 3.76. The molecule has 1 aliphatic carbocycles. The molecule has 0 aromatic heterocycles. The summed E-state index contributed by atoms with van der Waals surface area (Å²) in [4.78, 5) is 2.59. The van der Waals surface area contributed by atoms with Gasteiger partial charge in [0.15, 0.2) is 0 Å². The molecule has 0 amide bonds. The van der Waals surface area contributed by atoms with Crippen molar-refractivity contribution in [1.82, 2.24) is 10.2 Å². The summed E-state index contributed by atoms with van der Waals surface area (Å²) in [5.74, 6) is 0.835. The molecule has 0 aromatic carbocycles. The summed E-state index contributed by atoms with van der Waals surface area (Å²) in [6.45, 7) is 7.51. The number of alkyl halides is 1. The average Bonchev–Trinajstić information content (AvgIpc) is 2.46. The molecule has 112 valence electrons. The van der Waals surface area contributed by atoms with Crippen molar-refractivity contribution in [2.24, 2.45) is 5.92 Å². The Morgan fingerprint density at radius 2 is 2.00 bits per heavy atom. The smallest absolute Gasteiger partial charge is 0.0906 e. The van der Waals surface area contributed by atoms with Gasteiger partial charge in [0.05, 0.1) is 6.67 Å². The molecule has 0 radical (unpaired) electrons. The molecule has 2 rings (SSSR count). The van der Waals surface area contributed by atoms with Gasteiger partial charge in [-0.2, -0.15) is 0 Å². The van der Waals surface area contributed by atoms with Crippen molar-refractivity contribution in [3.8, 4) is 0 Å². The van der Waals surface area contributed by atoms with Gasteiger partial charge in [-0.3, -0.25) is 9.29 Å². The van der Waals surface area contributed by atoms with Crippen LogP contribution in [0.5, 0.6) is 0 Å². The zero-order valence-electron chi connectivity index (χ0n) is 12.8. The zero-order chi connectivity index (χ0) is 13.7. The van der Waals surface area contributed by atoms with Gasteiger partial charge in [-0.05, 0) is 38.5 Å². The van der Waals surface area contributed by atoms with E-state index in [4.69, 9.17) is 0 Å². The second-order valence-electron chi connectivity index (χ2n) is 6.77. The lowest BCUT2D eigenvalue weighted by atomic mass is 9.80. The fraction of sp³-hybridized carbons (Fsp3) is 1.00. The number of hydrogen-bond acceptors (Lipinski definition) is 2. The number of piperazine rings is 1. The first-order valence-corrected chi connectivity index (χ1v) is 8.23. The minimum atomic E-state index is -0.176. The van der Waals surface area contributed by atoms with Crippen LogP contribution in [0.25, 0.3) is 0 Å². The maximum absolute atomic E-state index is 12.5. The fourth-order valence-corrected chi connectivity index (χ4v) is 3.83. The number of hydrogen-bond donors (Lipinski definition) is 1. The van der Waals surface area contributed by atoms with Crippen molar-refractivity contribution in [3.63, 3.8) is 0 Å². The summed E-state index contributed by atoms with van der Waals surface area (Å²) in [7, 11) is 0. The predicted octanol–water partition coefficient (Wildman–Crippen LogP) is 3.37. The van der Waals surface area contributed by atoms with Crippen molar-refractivity contribution in [3.05, 3.63) is 0 Å². The lowest BCUT2D eigenvalue weighted by Crippen LogP contribution is -2.64. The first kappa shape index (κ1) is 15.2. The van der Waals surface area contributed by atoms with Crippen LogP contribution in [0.4, 0.5) is 4.39 Å². The molecule has 2 fully saturated rings. The summed E-state index contributed by atoms with van der Waals surface area (Å²) in [5.41, 5.74) is 0.224. The molecule has 0 bridgehead atoms. The van der Waals surface area contributed by atoms with Crippen molar-refractivity contribution < 1.29 is 4.39 Å². The van der Waals surface area contributed by atoms with Gasteiger partial charge >= 0.3 is 0 Å². The van der Waals surface area contributed by atoms with Crippen molar-refractivity contribution in [1.29, 1.82) is 0 Å². The monoisotopic (exact) mass is 270 g/mol. The molecule has 1 aliphatic heterocycles. The minimum absolute atomic E-state index is 0.176. The number of nitrogens with zero attached hydrogens (tertiary/aromatic N) is 1. The van der Waals surface area contributed by atoms with E-state index in [1.165, 1.54) is 32.1 Å². The Labute approximate surface area is 118 Å². The van der Waals surface area contributed by atoms with E-state index in [1.807, 2.05) is 0 Å². The van der Waals surface area contributed by atoms with Crippen LogP contribution >= 0.6 is 0 Å². The van der Waals surface area contributed by atoms with Crippen LogP contribution in [0.15, 0.2) is 0 Å². The molecule has 0 aromatic rings. The summed E-state index contributed by atoms with van der Waals surface area (Å²) >= 11 is 0. The van der Waals surface area contributed by atoms with Gasteiger partial charge in [0.1, 0.15) is 0 Å². The van der Waals surface area contributed by atoms with Crippen molar-refractivity contribution in [2.75, 3.05) is 26.3 Å². The summed E-state index contributed by atoms with van der Waals surface area (Å²) in [6, 6.07) is 0.645. The lowest BCUT2D eigenvalue weighted by molar-refractivity contribution is 0.0385. The Hall–Kier alpha value is -0.150. The van der Waals surface area contributed by atoms with Crippen LogP contribution in [-0.4, -0.2) is 42.8 Å². The highest BCUT2D eigenvalue weighted by atomic mass is 19.1. The molecule has 0 spiro atoms. The highest BCUT2D eigenvalue weighted by molar-refractivity contribution is 4.97. The van der Waals surface area contributed by atoms with Gasteiger partial charge in [0.25, 0.3) is 0 Å². The highest BCUT2D eigenvalue weighted by Crippen LogP contribution is 2.32. The standard InChI is InChI=1S/C16H31FN2/c1-3-16(2)13-19(11-7-10-17)15(12-18-16)14-8-5-4-6-9-14/h14-15,18H,3-13H2,1-2H3. The molecular weight excluding hydrogens is 239 g/mol. The Kier molecular flexibility index (Phi) is 5.64. The molecule has 1 heterocycles. The molecule has 2 unspecified atom stereocenters. The van der Waals surface area contributed by atoms with E-state index in [9.17, 15) is 4.39 Å². The Morgan fingerprint density at radius 1 is 1.26 bits per heavy atom. The average molecular weight is 270 g/mol. The molecule has 3 heteroatoms. The number of halogens is 1. The van der Waals surface area contributed by atoms with Crippen molar-refractivity contribution >= 4 is 0 Å². The third kappa shape index (κ3) is 3.91. The molecule has 1 saturated carbocycles. The first-order valence-electron chi connectivity index (χ1n) is 8.23. The van der Waals surface area contributed by atoms with Crippen LogP contribution in [0.1, 0.15) is 58.8 Å². The summed E-state index contributed by atoms with van der Waals surface area (Å²) < 4.78 is 12.5. The number of rotatable bonds is 5. The molecular formula is C16H31FN2. The van der Waals surface area contributed by atoms with Gasteiger partial charge in [-0.15, -0.1) is 0 Å². The van der Waals surface area contributed by atoms with Crippen LogP contribution < -0.4 is 5.32 Å². The van der Waals surface area contributed by atoms with Gasteiger partial charge in [0, 0.05) is 31.2 Å². The van der Waals surface area contributed by atoms with Crippen LogP contribution in [-0.2, 0) is 0 Å². The zero-order valence-corrected chi connectivity index (χ0v) is 12.8. The van der Waals surface area contributed by atoms with E-state index in [0.29, 0.717) is 12.5 Å². The molecule has 1 saturated heterocycles. The maximum atomic E-state index is 12.5. The quantitative estimate of drug-likeness (QED) is 0.824. The Morgan fingerprint density at radius 3 is 2.63 bits per heavy atom. The Balaban J connectivity index is 1.99. The van der Waals surface area contributed by atoms with Gasteiger partial charge in [-0.25, -0.2) is 0 Å². The topological polar surface area (TPSA) is 15.3 Å². The lowest BCUT2D eigenvalue weighted by Gasteiger charge is -2.49. The molecule has 2 nitrogen and oxygen atoms in total. The second kappa shape index (κ2) is 7.03. The van der Waals surface area contributed by atoms with Gasteiger partial charge in [-0.1, -0.05) is 26.2 Å². The van der Waals surface area contributed by atoms with E-state index in [-0.39, 0.29) is 12.2 Å². The Bertz CT molecular complexity index is 265. The molecule has 1 N–H and O–H groups in total. The van der Waals surface area contributed by atoms with Crippen LogP contribution in [0, 0.1) is 5.92 Å². The van der Waals surface area contributed by atoms with Crippen LogP contribution in [0.2, 0.25) is 0 Å². The number of nitrogens with one attached hydrogen (secondary N) is 1. The summed E-state index contributed by atoms with van der Waals surface area (Å²) in [6.07, 6.45) is 8.79. The predicted molar refractivity (Wildman–Crippen MR) is 79.2 cm³/mol. The normalized spacial score (nSPS) is 34.6. The molecule has 2 aliphatic rings. The third-order valence-electron chi connectivity index (χ3n) is 5.31. The van der Waals surface area contributed by atoms with Crippen LogP contribution in [0.3, 0.4) is 0 Å². The SMILES string of the molecule is CCC1(C)CN(CCCF)C(C2CCCCC2)CN1. The highest BCUT2D eigenvalue weighted by Gasteiger charge is 2.37. The fourth-order valence-electron chi connectivity index (χ4n) is 3.83. The van der Waals surface area contributed by atoms with E-state index < -0.39 is 0 Å². The van der Waals surface area contributed by atoms with E-state index >= 15 is 0 Å². The third-order valence-corrected chi connectivity index (χ3v) is 5.31. The largest absolute Gasteiger partial charge is 0.309 e. The molecule has 2 atom stereocenters. The first-order chi connectivity index (χ1) is 9.18. The minimum Gasteiger partial charge on any atom is -0.309 e. The van der Waals surface area contributed by atoms with Gasteiger partial charge < -0.3 is 5.32 Å². The van der Waals surface area contributed by atoms with E-state index in [2.05, 4.69) is 24.1 Å². The second-order valence-corrected chi connectivity index (χ2v) is 6.77. The molecule has 19 heavy (non-hydrogen) atoms. The maximum Gasteiger partial charge on any atom is 0.0906 e. The van der Waals surface area contributed by atoms with Gasteiger partial charge in [0.2, 0.25) is 0 Å². The van der Waals surface area contributed by atoms with E-state index in [1.54, 1.807) is 0 Å². The van der Waals surface area contributed by atoms with Crippen molar-refractivity contribution in [2.45, 2.75) is 70.4 Å². The van der Waals surface area contributed by atoms with E-state index in [0.717, 1.165) is 32.0 Å².